The summed E-state index contributed by atoms with van der Waals surface area (Å²) in [7, 11) is 3.69. The smallest absolute Gasteiger partial charge is 0.234 e. The van der Waals surface area contributed by atoms with Gasteiger partial charge in [-0.1, -0.05) is 12.8 Å². The van der Waals surface area contributed by atoms with Crippen LogP contribution in [0.5, 0.6) is 5.75 Å². The van der Waals surface area contributed by atoms with Crippen molar-refractivity contribution in [2.75, 3.05) is 20.7 Å². The molecule has 6 nitrogen and oxygen atoms in total. The highest BCUT2D eigenvalue weighted by Gasteiger charge is 2.22. The molecular formula is C20H28N4O2. The largest absolute Gasteiger partial charge is 0.497 e. The van der Waals surface area contributed by atoms with E-state index in [-0.39, 0.29) is 11.9 Å². The molecule has 0 saturated heterocycles. The van der Waals surface area contributed by atoms with Crippen LogP contribution in [0.25, 0.3) is 5.69 Å². The van der Waals surface area contributed by atoms with Crippen LogP contribution < -0.4 is 10.1 Å². The Labute approximate surface area is 155 Å². The summed E-state index contributed by atoms with van der Waals surface area (Å²) in [6.07, 6.45) is 8.71. The van der Waals surface area contributed by atoms with Crippen molar-refractivity contribution >= 4 is 5.91 Å². The predicted octanol–water partition coefficient (Wildman–Crippen LogP) is 2.93. The van der Waals surface area contributed by atoms with Gasteiger partial charge in [-0.3, -0.25) is 9.69 Å². The predicted molar refractivity (Wildman–Crippen MR) is 102 cm³/mol. The minimum absolute atomic E-state index is 0.0593. The van der Waals surface area contributed by atoms with Crippen LogP contribution in [0.2, 0.25) is 0 Å². The van der Waals surface area contributed by atoms with Crippen LogP contribution in [0.3, 0.4) is 0 Å². The number of rotatable bonds is 7. The molecule has 1 aliphatic carbocycles. The van der Waals surface area contributed by atoms with Gasteiger partial charge in [0.05, 0.1) is 31.6 Å². The van der Waals surface area contributed by atoms with Gasteiger partial charge < -0.3 is 10.1 Å². The van der Waals surface area contributed by atoms with Crippen LogP contribution in [0.1, 0.15) is 44.2 Å². The Morgan fingerprint density at radius 2 is 2.04 bits per heavy atom. The Hall–Kier alpha value is -2.34. The minimum atomic E-state index is -0.0773. The fourth-order valence-electron chi connectivity index (χ4n) is 3.51. The molecule has 3 rings (SSSR count). The summed E-state index contributed by atoms with van der Waals surface area (Å²) in [6.45, 7) is 2.43. The van der Waals surface area contributed by atoms with Crippen molar-refractivity contribution in [3.63, 3.8) is 0 Å². The molecule has 1 aromatic carbocycles. The number of carbonyl (C=O) groups excluding carboxylic acids is 1. The summed E-state index contributed by atoms with van der Waals surface area (Å²) in [5, 5.41) is 7.49. The van der Waals surface area contributed by atoms with Gasteiger partial charge >= 0.3 is 0 Å². The second-order valence-corrected chi connectivity index (χ2v) is 7.06. The lowest BCUT2D eigenvalue weighted by Gasteiger charge is -2.24. The molecule has 0 aliphatic heterocycles. The molecule has 1 amide bonds. The van der Waals surface area contributed by atoms with Gasteiger partial charge in [-0.05, 0) is 51.1 Å². The third-order valence-electron chi connectivity index (χ3n) is 5.16. The van der Waals surface area contributed by atoms with Crippen molar-refractivity contribution in [3.8, 4) is 11.4 Å². The average Bonchev–Trinajstić information content (AvgIpc) is 3.33. The van der Waals surface area contributed by atoms with Gasteiger partial charge in [0.1, 0.15) is 5.75 Å². The maximum atomic E-state index is 12.3. The van der Waals surface area contributed by atoms with Gasteiger partial charge in [-0.2, -0.15) is 5.10 Å². The van der Waals surface area contributed by atoms with Crippen LogP contribution in [-0.2, 0) is 4.79 Å². The molecule has 1 saturated carbocycles. The first-order chi connectivity index (χ1) is 12.6. The van der Waals surface area contributed by atoms with Gasteiger partial charge in [-0.15, -0.1) is 0 Å². The Balaban J connectivity index is 1.56. The number of benzene rings is 1. The molecule has 1 heterocycles. The maximum absolute atomic E-state index is 12.3. The monoisotopic (exact) mass is 356 g/mol. The zero-order valence-corrected chi connectivity index (χ0v) is 15.8. The summed E-state index contributed by atoms with van der Waals surface area (Å²) in [5.41, 5.74) is 1.94. The summed E-state index contributed by atoms with van der Waals surface area (Å²) in [4.78, 5) is 14.5. The van der Waals surface area contributed by atoms with E-state index in [9.17, 15) is 4.79 Å². The lowest BCUT2D eigenvalue weighted by Crippen LogP contribution is -2.40. The van der Waals surface area contributed by atoms with E-state index in [4.69, 9.17) is 4.74 Å². The van der Waals surface area contributed by atoms with E-state index in [1.54, 1.807) is 13.3 Å². The fraction of sp³-hybridized carbons (Fsp3) is 0.500. The lowest BCUT2D eigenvalue weighted by atomic mass is 10.2. The molecule has 1 N–H and O–H groups in total. The SMILES string of the molecule is COc1ccc(-n2cc(C(C)NC(=O)CN(C)C3CCCC3)cn2)cc1. The quantitative estimate of drug-likeness (QED) is 0.829. The lowest BCUT2D eigenvalue weighted by molar-refractivity contribution is -0.123. The van der Waals surface area contributed by atoms with Gasteiger partial charge in [0.15, 0.2) is 0 Å². The molecule has 1 aliphatic rings. The molecule has 6 heteroatoms. The number of aromatic nitrogens is 2. The number of carbonyl (C=O) groups is 1. The highest BCUT2D eigenvalue weighted by atomic mass is 16.5. The number of nitrogens with zero attached hydrogens (tertiary/aromatic N) is 3. The Morgan fingerprint density at radius 1 is 1.35 bits per heavy atom. The first-order valence-electron chi connectivity index (χ1n) is 9.25. The summed E-state index contributed by atoms with van der Waals surface area (Å²) in [6, 6.07) is 8.19. The van der Waals surface area contributed by atoms with Gasteiger partial charge in [0, 0.05) is 17.8 Å². The fourth-order valence-corrected chi connectivity index (χ4v) is 3.51. The number of methoxy groups -OCH3 is 1. The number of nitrogens with one attached hydrogen (secondary N) is 1. The van der Waals surface area contributed by atoms with E-state index < -0.39 is 0 Å². The van der Waals surface area contributed by atoms with E-state index in [0.29, 0.717) is 12.6 Å². The average molecular weight is 356 g/mol. The summed E-state index contributed by atoms with van der Waals surface area (Å²) >= 11 is 0. The molecular weight excluding hydrogens is 328 g/mol. The maximum Gasteiger partial charge on any atom is 0.234 e. The van der Waals surface area contributed by atoms with Crippen LogP contribution in [0.4, 0.5) is 0 Å². The molecule has 1 atom stereocenters. The Kier molecular flexibility index (Phi) is 5.93. The third kappa shape index (κ3) is 4.43. The van der Waals surface area contributed by atoms with Crippen molar-refractivity contribution in [1.29, 1.82) is 0 Å². The normalized spacial score (nSPS) is 16.0. The van der Waals surface area contributed by atoms with Gasteiger partial charge in [-0.25, -0.2) is 4.68 Å². The van der Waals surface area contributed by atoms with Crippen molar-refractivity contribution < 1.29 is 9.53 Å². The van der Waals surface area contributed by atoms with Crippen LogP contribution in [-0.4, -0.2) is 47.3 Å². The third-order valence-corrected chi connectivity index (χ3v) is 5.16. The zero-order valence-electron chi connectivity index (χ0n) is 15.8. The Bertz CT molecular complexity index is 720. The Morgan fingerprint density at radius 3 is 2.69 bits per heavy atom. The van der Waals surface area contributed by atoms with E-state index >= 15 is 0 Å². The molecule has 1 fully saturated rings. The van der Waals surface area contributed by atoms with E-state index in [2.05, 4.69) is 15.3 Å². The molecule has 0 radical (unpaired) electrons. The van der Waals surface area contributed by atoms with Crippen LogP contribution in [0, 0.1) is 0 Å². The summed E-state index contributed by atoms with van der Waals surface area (Å²) < 4.78 is 6.99. The second-order valence-electron chi connectivity index (χ2n) is 7.06. The highest BCUT2D eigenvalue weighted by Crippen LogP contribution is 2.22. The van der Waals surface area contributed by atoms with E-state index in [1.807, 2.05) is 49.1 Å². The molecule has 1 unspecified atom stereocenters. The van der Waals surface area contributed by atoms with Crippen molar-refractivity contribution in [1.82, 2.24) is 20.0 Å². The number of likely N-dealkylation sites (N-methyl/N-ethyl adjacent to an activating group) is 1. The number of hydrogen-bond acceptors (Lipinski definition) is 4. The van der Waals surface area contributed by atoms with E-state index in [1.165, 1.54) is 25.7 Å². The summed E-state index contributed by atoms with van der Waals surface area (Å²) in [5.74, 6) is 0.872. The molecule has 1 aromatic heterocycles. The van der Waals surface area contributed by atoms with Crippen molar-refractivity contribution in [2.45, 2.75) is 44.7 Å². The number of amides is 1. The molecule has 26 heavy (non-hydrogen) atoms. The van der Waals surface area contributed by atoms with Gasteiger partial charge in [0.2, 0.25) is 5.91 Å². The second kappa shape index (κ2) is 8.36. The standard InChI is InChI=1S/C20H28N4O2/c1-15(22-20(25)14-23(2)17-6-4-5-7-17)16-12-21-24(13-16)18-8-10-19(26-3)11-9-18/h8-13,15,17H,4-7,14H2,1-3H3,(H,22,25). The molecule has 140 valence electrons. The topological polar surface area (TPSA) is 59.4 Å². The number of ether oxygens (including phenoxy) is 1. The first kappa shape index (κ1) is 18.5. The van der Waals surface area contributed by atoms with Crippen molar-refractivity contribution in [3.05, 3.63) is 42.2 Å². The minimum Gasteiger partial charge on any atom is -0.497 e. The highest BCUT2D eigenvalue weighted by molar-refractivity contribution is 5.78. The van der Waals surface area contributed by atoms with E-state index in [0.717, 1.165) is 17.0 Å². The molecule has 2 aromatic rings. The van der Waals surface area contributed by atoms with Crippen LogP contribution >= 0.6 is 0 Å². The molecule has 0 bridgehead atoms. The van der Waals surface area contributed by atoms with Gasteiger partial charge in [0.25, 0.3) is 0 Å². The number of hydrogen-bond donors (Lipinski definition) is 1. The zero-order chi connectivity index (χ0) is 18.5. The molecule has 0 spiro atoms. The first-order valence-corrected chi connectivity index (χ1v) is 9.25. The van der Waals surface area contributed by atoms with Crippen LogP contribution in [0.15, 0.2) is 36.7 Å². The van der Waals surface area contributed by atoms with Crippen molar-refractivity contribution in [2.24, 2.45) is 0 Å².